The lowest BCUT2D eigenvalue weighted by Crippen LogP contribution is -2.43. The smallest absolute Gasteiger partial charge is 0.222 e. The van der Waals surface area contributed by atoms with Gasteiger partial charge in [-0.05, 0) is 61.9 Å². The molecule has 2 atom stereocenters. The van der Waals surface area contributed by atoms with E-state index in [0.717, 1.165) is 53.4 Å². The molecule has 0 aliphatic carbocycles. The van der Waals surface area contributed by atoms with Crippen molar-refractivity contribution in [2.45, 2.75) is 51.1 Å². The largest absolute Gasteiger partial charge is 0.497 e. The van der Waals surface area contributed by atoms with E-state index < -0.39 is 5.79 Å². The van der Waals surface area contributed by atoms with Gasteiger partial charge in [0.2, 0.25) is 5.79 Å². The first kappa shape index (κ1) is 22.0. The molecule has 4 nitrogen and oxygen atoms in total. The number of hydrogen-bond donors (Lipinski definition) is 0. The highest BCUT2D eigenvalue weighted by Gasteiger charge is 2.42. The van der Waals surface area contributed by atoms with Gasteiger partial charge < -0.3 is 18.9 Å². The van der Waals surface area contributed by atoms with Gasteiger partial charge in [0.25, 0.3) is 0 Å². The van der Waals surface area contributed by atoms with E-state index in [4.69, 9.17) is 18.9 Å². The highest BCUT2D eigenvalue weighted by molar-refractivity contribution is 7.99. The van der Waals surface area contributed by atoms with Crippen LogP contribution in [-0.4, -0.2) is 37.9 Å². The number of ether oxygens (including phenoxy) is 4. The molecular weight excluding hydrogens is 384 g/mol. The first-order chi connectivity index (χ1) is 14.1. The number of methoxy groups -OCH3 is 2. The minimum Gasteiger partial charge on any atom is -0.497 e. The molecule has 29 heavy (non-hydrogen) atoms. The lowest BCUT2D eigenvalue weighted by Gasteiger charge is -2.41. The zero-order chi connectivity index (χ0) is 20.7. The second-order valence-corrected chi connectivity index (χ2v) is 8.50. The van der Waals surface area contributed by atoms with Gasteiger partial charge in [-0.3, -0.25) is 0 Å². The van der Waals surface area contributed by atoms with Crippen LogP contribution in [0, 0.1) is 0 Å². The minimum atomic E-state index is -0.961. The van der Waals surface area contributed by atoms with E-state index in [1.54, 1.807) is 14.2 Å². The second kappa shape index (κ2) is 10.4. The van der Waals surface area contributed by atoms with Crippen LogP contribution < -0.4 is 9.47 Å². The van der Waals surface area contributed by atoms with E-state index in [1.165, 1.54) is 0 Å². The Hall–Kier alpha value is -1.69. The number of hydrogen-bond acceptors (Lipinski definition) is 5. The number of rotatable bonds is 7. The van der Waals surface area contributed by atoms with E-state index in [2.05, 4.69) is 13.8 Å². The Labute approximate surface area is 178 Å². The van der Waals surface area contributed by atoms with E-state index in [9.17, 15) is 0 Å². The van der Waals surface area contributed by atoms with Gasteiger partial charge in [-0.1, -0.05) is 19.8 Å². The average molecular weight is 417 g/mol. The molecule has 0 saturated carbocycles. The van der Waals surface area contributed by atoms with Gasteiger partial charge in [0.1, 0.15) is 11.5 Å². The zero-order valence-electron chi connectivity index (χ0n) is 17.9. The second-order valence-electron chi connectivity index (χ2n) is 7.42. The molecule has 0 N–H and O–H groups in total. The van der Waals surface area contributed by atoms with Gasteiger partial charge >= 0.3 is 0 Å². The topological polar surface area (TPSA) is 36.9 Å². The van der Waals surface area contributed by atoms with Crippen molar-refractivity contribution in [3.8, 4) is 11.5 Å². The SMILES string of the molecule is CCCC[C@@H]1CSC[C@@H](C)OC(c2ccc(OC)cc2)(c2ccc(OC)cc2)O1. The summed E-state index contributed by atoms with van der Waals surface area (Å²) in [4.78, 5) is 0. The molecule has 2 aromatic rings. The maximum atomic E-state index is 6.85. The number of unbranched alkanes of at least 4 members (excludes halogenated alkanes) is 1. The molecular formula is C24H32O4S. The molecule has 1 fully saturated rings. The molecule has 1 heterocycles. The van der Waals surface area contributed by atoms with E-state index in [0.29, 0.717) is 0 Å². The Balaban J connectivity index is 2.08. The summed E-state index contributed by atoms with van der Waals surface area (Å²) in [7, 11) is 3.36. The quantitative estimate of drug-likeness (QED) is 0.584. The third kappa shape index (κ3) is 5.27. The van der Waals surface area contributed by atoms with Crippen LogP contribution in [0.2, 0.25) is 0 Å². The van der Waals surface area contributed by atoms with Gasteiger partial charge in [0, 0.05) is 22.6 Å². The normalized spacial score (nSPS) is 21.8. The Morgan fingerprint density at radius 3 is 1.93 bits per heavy atom. The van der Waals surface area contributed by atoms with Crippen LogP contribution >= 0.6 is 11.8 Å². The van der Waals surface area contributed by atoms with Crippen molar-refractivity contribution in [2.24, 2.45) is 0 Å². The van der Waals surface area contributed by atoms with Crippen LogP contribution in [0.25, 0.3) is 0 Å². The summed E-state index contributed by atoms with van der Waals surface area (Å²) in [6.07, 6.45) is 3.49. The molecule has 5 heteroatoms. The molecule has 158 valence electrons. The van der Waals surface area contributed by atoms with Gasteiger partial charge in [-0.2, -0.15) is 11.8 Å². The molecule has 0 amide bonds. The summed E-state index contributed by atoms with van der Waals surface area (Å²) < 4.78 is 24.3. The summed E-state index contributed by atoms with van der Waals surface area (Å²) in [6, 6.07) is 16.0. The summed E-state index contributed by atoms with van der Waals surface area (Å²) >= 11 is 1.91. The van der Waals surface area contributed by atoms with Crippen molar-refractivity contribution in [1.29, 1.82) is 0 Å². The molecule has 0 spiro atoms. The van der Waals surface area contributed by atoms with E-state index in [-0.39, 0.29) is 12.2 Å². The van der Waals surface area contributed by atoms with E-state index >= 15 is 0 Å². The number of thioether (sulfide) groups is 1. The fraction of sp³-hybridized carbons (Fsp3) is 0.500. The Morgan fingerprint density at radius 2 is 1.45 bits per heavy atom. The van der Waals surface area contributed by atoms with Crippen molar-refractivity contribution in [1.82, 2.24) is 0 Å². The van der Waals surface area contributed by atoms with Crippen molar-refractivity contribution in [2.75, 3.05) is 25.7 Å². The summed E-state index contributed by atoms with van der Waals surface area (Å²) in [6.45, 7) is 4.33. The fourth-order valence-corrected chi connectivity index (χ4v) is 4.65. The lowest BCUT2D eigenvalue weighted by molar-refractivity contribution is -0.255. The highest BCUT2D eigenvalue weighted by atomic mass is 32.2. The van der Waals surface area contributed by atoms with Crippen molar-refractivity contribution < 1.29 is 18.9 Å². The molecule has 0 aromatic heterocycles. The summed E-state index contributed by atoms with van der Waals surface area (Å²) in [5.74, 6) is 2.59. The molecule has 0 radical (unpaired) electrons. The summed E-state index contributed by atoms with van der Waals surface area (Å²) in [5.41, 5.74) is 1.95. The Morgan fingerprint density at radius 1 is 0.897 bits per heavy atom. The Kier molecular flexibility index (Phi) is 7.87. The van der Waals surface area contributed by atoms with Gasteiger partial charge in [-0.25, -0.2) is 0 Å². The third-order valence-corrected chi connectivity index (χ3v) is 6.49. The standard InChI is InChI=1S/C24H32O4S/c1-5-6-7-23-17-29-16-18(2)27-24(28-23,19-8-12-21(25-3)13-9-19)20-10-14-22(26-4)15-11-20/h8-15,18,23H,5-7,16-17H2,1-4H3/t18-,23-/m1/s1. The monoisotopic (exact) mass is 416 g/mol. The predicted octanol–water partition coefficient (Wildman–Crippen LogP) is 5.63. The van der Waals surface area contributed by atoms with Crippen LogP contribution in [0.15, 0.2) is 48.5 Å². The highest BCUT2D eigenvalue weighted by Crippen LogP contribution is 2.41. The molecule has 0 unspecified atom stereocenters. The molecule has 3 rings (SSSR count). The van der Waals surface area contributed by atoms with Gasteiger partial charge in [0.15, 0.2) is 0 Å². The summed E-state index contributed by atoms with van der Waals surface area (Å²) in [5, 5.41) is 0. The fourth-order valence-electron chi connectivity index (χ4n) is 3.61. The lowest BCUT2D eigenvalue weighted by atomic mass is 9.95. The molecule has 1 aliphatic heterocycles. The first-order valence-corrected chi connectivity index (χ1v) is 11.5. The minimum absolute atomic E-state index is 0.0522. The third-order valence-electron chi connectivity index (χ3n) is 5.18. The molecule has 1 saturated heterocycles. The molecule has 1 aliphatic rings. The van der Waals surface area contributed by atoms with Crippen LogP contribution in [0.5, 0.6) is 11.5 Å². The van der Waals surface area contributed by atoms with Crippen LogP contribution in [0.3, 0.4) is 0 Å². The van der Waals surface area contributed by atoms with Crippen molar-refractivity contribution >= 4 is 11.8 Å². The van der Waals surface area contributed by atoms with E-state index in [1.807, 2.05) is 60.3 Å². The van der Waals surface area contributed by atoms with Crippen LogP contribution in [0.4, 0.5) is 0 Å². The van der Waals surface area contributed by atoms with Gasteiger partial charge in [0.05, 0.1) is 26.4 Å². The molecule has 2 aromatic carbocycles. The zero-order valence-corrected chi connectivity index (χ0v) is 18.7. The number of benzene rings is 2. The first-order valence-electron chi connectivity index (χ1n) is 10.3. The average Bonchev–Trinajstić information content (AvgIpc) is 2.75. The maximum absolute atomic E-state index is 6.85. The predicted molar refractivity (Wildman–Crippen MR) is 119 cm³/mol. The van der Waals surface area contributed by atoms with Crippen molar-refractivity contribution in [3.63, 3.8) is 0 Å². The van der Waals surface area contributed by atoms with Crippen LogP contribution in [-0.2, 0) is 15.3 Å². The van der Waals surface area contributed by atoms with Gasteiger partial charge in [-0.15, -0.1) is 0 Å². The van der Waals surface area contributed by atoms with Crippen LogP contribution in [0.1, 0.15) is 44.2 Å². The maximum Gasteiger partial charge on any atom is 0.222 e. The van der Waals surface area contributed by atoms with Crippen molar-refractivity contribution in [3.05, 3.63) is 59.7 Å². The Bertz CT molecular complexity index is 697. The molecule has 0 bridgehead atoms.